The van der Waals surface area contributed by atoms with Crippen molar-refractivity contribution in [2.24, 2.45) is 0 Å². The van der Waals surface area contributed by atoms with Crippen LogP contribution >= 0.6 is 34.2 Å². The molecule has 1 aliphatic rings. The highest BCUT2D eigenvalue weighted by Gasteiger charge is 2.21. The summed E-state index contributed by atoms with van der Waals surface area (Å²) in [6.07, 6.45) is 2.64. The van der Waals surface area contributed by atoms with Gasteiger partial charge in [0.15, 0.2) is 5.82 Å². The van der Waals surface area contributed by atoms with Gasteiger partial charge in [-0.3, -0.25) is 4.79 Å². The second-order valence-corrected chi connectivity index (χ2v) is 9.47. The lowest BCUT2D eigenvalue weighted by Gasteiger charge is -2.31. The fraction of sp³-hybridized carbons (Fsp3) is 0.348. The van der Waals surface area contributed by atoms with Crippen molar-refractivity contribution in [3.05, 3.63) is 53.2 Å². The van der Waals surface area contributed by atoms with Crippen LogP contribution < -0.4 is 10.2 Å². The number of nitrogens with zero attached hydrogens (tertiary/aromatic N) is 3. The number of alkyl halides is 1. The quantitative estimate of drug-likeness (QED) is 0.355. The second kappa shape index (κ2) is 9.67. The van der Waals surface area contributed by atoms with Crippen LogP contribution in [0.4, 0.5) is 5.82 Å². The molecule has 8 heteroatoms. The summed E-state index contributed by atoms with van der Waals surface area (Å²) in [7, 11) is 0. The lowest BCUT2D eigenvalue weighted by atomic mass is 10.00. The number of aromatic nitrogens is 2. The minimum absolute atomic E-state index is 0.0955. The van der Waals surface area contributed by atoms with Gasteiger partial charge in [0.05, 0.1) is 19.3 Å². The Balaban J connectivity index is 1.69. The molecule has 1 fully saturated rings. The van der Waals surface area contributed by atoms with E-state index in [2.05, 4.69) is 49.1 Å². The van der Waals surface area contributed by atoms with E-state index in [1.807, 2.05) is 32.0 Å². The Morgan fingerprint density at radius 3 is 2.97 bits per heavy atom. The third-order valence-corrected chi connectivity index (χ3v) is 6.58. The van der Waals surface area contributed by atoms with Crippen LogP contribution in [0.1, 0.15) is 30.6 Å². The lowest BCUT2D eigenvalue weighted by molar-refractivity contribution is 0.0939. The molecule has 2 unspecified atom stereocenters. The number of hydrogen-bond acceptors (Lipinski definition) is 5. The molecule has 1 aliphatic heterocycles. The first-order chi connectivity index (χ1) is 15.0. The molecule has 1 saturated heterocycles. The Hall–Kier alpha value is -1.97. The number of carbonyl (C=O) groups excluding carboxylic acids is 1. The van der Waals surface area contributed by atoms with Crippen LogP contribution in [0.5, 0.6) is 0 Å². The van der Waals surface area contributed by atoms with Crippen molar-refractivity contribution in [3.63, 3.8) is 0 Å². The van der Waals surface area contributed by atoms with Crippen molar-refractivity contribution in [1.82, 2.24) is 15.5 Å². The average molecular weight is 551 g/mol. The maximum Gasteiger partial charge on any atom is 0.251 e. The Morgan fingerprint density at radius 1 is 1.35 bits per heavy atom. The van der Waals surface area contributed by atoms with Crippen molar-refractivity contribution in [2.75, 3.05) is 24.6 Å². The molecule has 3 aromatic rings. The Labute approximate surface area is 200 Å². The van der Waals surface area contributed by atoms with Gasteiger partial charge < -0.3 is 15.0 Å². The molecule has 6 nitrogen and oxygen atoms in total. The molecule has 0 saturated carbocycles. The third-order valence-electron chi connectivity index (χ3n) is 5.49. The number of anilines is 1. The molecule has 2 heterocycles. The second-order valence-electron chi connectivity index (χ2n) is 7.67. The number of morpholine rings is 1. The SMILES string of the molecule is CCC(C)NC(=O)c1ccc(Cl)c(-c2ccc3c(N4CCOC(I)C4)nncc3c2)c1. The highest BCUT2D eigenvalue weighted by atomic mass is 127. The summed E-state index contributed by atoms with van der Waals surface area (Å²) >= 11 is 8.80. The molecule has 4 rings (SSSR count). The van der Waals surface area contributed by atoms with E-state index in [9.17, 15) is 4.79 Å². The summed E-state index contributed by atoms with van der Waals surface area (Å²) in [5, 5.41) is 14.2. The number of carbonyl (C=O) groups is 1. The Kier molecular flexibility index (Phi) is 6.93. The van der Waals surface area contributed by atoms with Gasteiger partial charge >= 0.3 is 0 Å². The van der Waals surface area contributed by atoms with E-state index < -0.39 is 0 Å². The van der Waals surface area contributed by atoms with Crippen LogP contribution in [0.3, 0.4) is 0 Å². The molecule has 0 radical (unpaired) electrons. The zero-order valence-electron chi connectivity index (χ0n) is 17.4. The standard InChI is InChI=1S/C23H24ClIN4O2/c1-3-14(2)27-23(30)16-5-7-20(24)19(11-16)15-4-6-18-17(10-15)12-26-28-22(18)29-8-9-31-21(25)13-29/h4-7,10-12,14,21H,3,8-9,13H2,1-2H3,(H,27,30). The van der Waals surface area contributed by atoms with Crippen molar-refractivity contribution >= 4 is 56.7 Å². The summed E-state index contributed by atoms with van der Waals surface area (Å²) < 4.78 is 5.77. The average Bonchev–Trinajstić information content (AvgIpc) is 2.78. The summed E-state index contributed by atoms with van der Waals surface area (Å²) in [4.78, 5) is 14.8. The number of halogens is 2. The molecule has 0 spiro atoms. The molecule has 1 aromatic heterocycles. The van der Waals surface area contributed by atoms with E-state index in [0.717, 1.165) is 47.2 Å². The number of hydrogen-bond donors (Lipinski definition) is 1. The van der Waals surface area contributed by atoms with Gasteiger partial charge in [0, 0.05) is 39.5 Å². The number of ether oxygens (including phenoxy) is 1. The van der Waals surface area contributed by atoms with E-state index in [1.54, 1.807) is 18.3 Å². The molecule has 1 N–H and O–H groups in total. The lowest BCUT2D eigenvalue weighted by Crippen LogP contribution is -2.40. The maximum atomic E-state index is 12.6. The highest BCUT2D eigenvalue weighted by molar-refractivity contribution is 14.1. The number of fused-ring (bicyclic) bond motifs is 1. The number of nitrogens with one attached hydrogen (secondary N) is 1. The Bertz CT molecular complexity index is 1110. The maximum absolute atomic E-state index is 12.6. The fourth-order valence-corrected chi connectivity index (χ4v) is 4.53. The summed E-state index contributed by atoms with van der Waals surface area (Å²) in [5.74, 6) is 0.767. The third kappa shape index (κ3) is 4.94. The van der Waals surface area contributed by atoms with E-state index in [-0.39, 0.29) is 16.1 Å². The number of benzene rings is 2. The van der Waals surface area contributed by atoms with E-state index >= 15 is 0 Å². The van der Waals surface area contributed by atoms with Gasteiger partial charge in [-0.05, 0) is 71.8 Å². The number of amides is 1. The molecule has 2 atom stereocenters. The van der Waals surface area contributed by atoms with Gasteiger partial charge in [0.1, 0.15) is 4.11 Å². The zero-order valence-corrected chi connectivity index (χ0v) is 20.4. The van der Waals surface area contributed by atoms with Crippen LogP contribution in [0, 0.1) is 0 Å². The van der Waals surface area contributed by atoms with Gasteiger partial charge in [-0.2, -0.15) is 5.10 Å². The minimum Gasteiger partial charge on any atom is -0.364 e. The van der Waals surface area contributed by atoms with Crippen LogP contribution in [-0.4, -0.2) is 46.0 Å². The molecular formula is C23H24ClIN4O2. The topological polar surface area (TPSA) is 67.4 Å². The van der Waals surface area contributed by atoms with Crippen molar-refractivity contribution in [1.29, 1.82) is 0 Å². The first-order valence-electron chi connectivity index (χ1n) is 10.3. The monoisotopic (exact) mass is 550 g/mol. The summed E-state index contributed by atoms with van der Waals surface area (Å²) in [6.45, 7) is 6.27. The van der Waals surface area contributed by atoms with Crippen LogP contribution in [-0.2, 0) is 4.74 Å². The fourth-order valence-electron chi connectivity index (χ4n) is 3.57. The molecule has 0 bridgehead atoms. The summed E-state index contributed by atoms with van der Waals surface area (Å²) in [5.41, 5.74) is 2.34. The zero-order chi connectivity index (χ0) is 22.0. The molecule has 0 aliphatic carbocycles. The molecule has 1 amide bonds. The van der Waals surface area contributed by atoms with Crippen LogP contribution in [0.2, 0.25) is 5.02 Å². The first kappa shape index (κ1) is 22.2. The normalized spacial score (nSPS) is 17.5. The van der Waals surface area contributed by atoms with Crippen LogP contribution in [0.25, 0.3) is 21.9 Å². The van der Waals surface area contributed by atoms with Crippen molar-refractivity contribution < 1.29 is 9.53 Å². The van der Waals surface area contributed by atoms with Gasteiger partial charge in [-0.15, -0.1) is 5.10 Å². The van der Waals surface area contributed by atoms with Crippen LogP contribution in [0.15, 0.2) is 42.6 Å². The van der Waals surface area contributed by atoms with E-state index in [4.69, 9.17) is 16.3 Å². The van der Waals surface area contributed by atoms with Gasteiger partial charge in [-0.25, -0.2) is 0 Å². The molecule has 31 heavy (non-hydrogen) atoms. The first-order valence-corrected chi connectivity index (χ1v) is 12.0. The minimum atomic E-state index is -0.0955. The predicted octanol–water partition coefficient (Wildman–Crippen LogP) is 5.08. The van der Waals surface area contributed by atoms with Gasteiger partial charge in [-0.1, -0.05) is 24.6 Å². The number of rotatable bonds is 5. The predicted molar refractivity (Wildman–Crippen MR) is 133 cm³/mol. The smallest absolute Gasteiger partial charge is 0.251 e. The Morgan fingerprint density at radius 2 is 2.19 bits per heavy atom. The van der Waals surface area contributed by atoms with Crippen molar-refractivity contribution in [2.45, 2.75) is 30.4 Å². The van der Waals surface area contributed by atoms with Gasteiger partial charge in [0.25, 0.3) is 5.91 Å². The van der Waals surface area contributed by atoms with Gasteiger partial charge in [0.2, 0.25) is 0 Å². The molecule has 2 aromatic carbocycles. The molecule has 162 valence electrons. The summed E-state index contributed by atoms with van der Waals surface area (Å²) in [6, 6.07) is 11.6. The van der Waals surface area contributed by atoms with E-state index in [0.29, 0.717) is 17.2 Å². The van der Waals surface area contributed by atoms with E-state index in [1.165, 1.54) is 0 Å². The molecular weight excluding hydrogens is 527 g/mol. The highest BCUT2D eigenvalue weighted by Crippen LogP contribution is 2.33. The van der Waals surface area contributed by atoms with Crippen molar-refractivity contribution in [3.8, 4) is 11.1 Å². The largest absolute Gasteiger partial charge is 0.364 e.